The zero-order valence-electron chi connectivity index (χ0n) is 13.4. The Kier molecular flexibility index (Phi) is 3.50. The van der Waals surface area contributed by atoms with Gasteiger partial charge < -0.3 is 15.5 Å². The highest BCUT2D eigenvalue weighted by atomic mass is 16.3. The number of phenolic OH excluding ortho intramolecular Hbond substituents is 1. The first-order chi connectivity index (χ1) is 11.0. The summed E-state index contributed by atoms with van der Waals surface area (Å²) < 4.78 is 0. The van der Waals surface area contributed by atoms with Gasteiger partial charge in [-0.3, -0.25) is 4.79 Å². The van der Waals surface area contributed by atoms with Gasteiger partial charge in [-0.25, -0.2) is 0 Å². The van der Waals surface area contributed by atoms with Crippen molar-refractivity contribution in [2.45, 2.75) is 56.1 Å². The summed E-state index contributed by atoms with van der Waals surface area (Å²) in [5, 5.41) is 24.0. The maximum Gasteiger partial charge on any atom is 0.151 e. The predicted octanol–water partition coefficient (Wildman–Crippen LogP) is 2.18. The van der Waals surface area contributed by atoms with Crippen LogP contribution in [0.5, 0.6) is 5.75 Å². The molecule has 0 amide bonds. The number of aliphatic hydroxyl groups is 1. The lowest BCUT2D eigenvalue weighted by atomic mass is 9.51. The van der Waals surface area contributed by atoms with E-state index in [0.29, 0.717) is 23.9 Å². The van der Waals surface area contributed by atoms with E-state index in [1.807, 2.05) is 6.07 Å². The topological polar surface area (TPSA) is 69.6 Å². The predicted molar refractivity (Wildman–Crippen MR) is 87.2 cm³/mol. The first-order valence-electron chi connectivity index (χ1n) is 8.71. The molecule has 0 aromatic heterocycles. The highest BCUT2D eigenvalue weighted by molar-refractivity contribution is 5.83. The third-order valence-electron chi connectivity index (χ3n) is 6.07. The lowest BCUT2D eigenvalue weighted by Crippen LogP contribution is -2.65. The lowest BCUT2D eigenvalue weighted by Gasteiger charge is -2.60. The van der Waals surface area contributed by atoms with Crippen LogP contribution in [0.4, 0.5) is 0 Å². The van der Waals surface area contributed by atoms with Gasteiger partial charge in [-0.15, -0.1) is 0 Å². The van der Waals surface area contributed by atoms with Gasteiger partial charge in [0.1, 0.15) is 5.75 Å². The minimum Gasteiger partial charge on any atom is -0.508 e. The molecule has 0 heterocycles. The molecular formula is C19H25NO3. The number of nitrogens with one attached hydrogen (secondary N) is 1. The van der Waals surface area contributed by atoms with Crippen molar-refractivity contribution in [3.8, 4) is 5.75 Å². The molecule has 0 spiro atoms. The molecule has 2 atom stereocenters. The summed E-state index contributed by atoms with van der Waals surface area (Å²) >= 11 is 0. The van der Waals surface area contributed by atoms with Crippen LogP contribution in [0.1, 0.15) is 44.1 Å². The van der Waals surface area contributed by atoms with E-state index in [1.54, 1.807) is 18.2 Å². The molecule has 4 fully saturated rings. The number of ketones is 1. The van der Waals surface area contributed by atoms with Crippen LogP contribution in [-0.4, -0.2) is 33.7 Å². The number of carbonyl (C=O) groups excluding carboxylic acids is 1. The first-order valence-corrected chi connectivity index (χ1v) is 8.71. The van der Waals surface area contributed by atoms with Crippen LogP contribution in [0.3, 0.4) is 0 Å². The minimum atomic E-state index is -0.502. The number of Topliss-reactive ketones (excluding diaryl/α,β-unsaturated/α-hetero) is 1. The molecule has 5 rings (SSSR count). The van der Waals surface area contributed by atoms with Crippen molar-refractivity contribution in [1.29, 1.82) is 0 Å². The molecule has 3 N–H and O–H groups in total. The Bertz CT molecular complexity index is 613. The molecule has 0 radical (unpaired) electrons. The van der Waals surface area contributed by atoms with Gasteiger partial charge in [0.25, 0.3) is 0 Å². The molecule has 1 aromatic carbocycles. The Morgan fingerprint density at radius 1 is 1.17 bits per heavy atom. The summed E-state index contributed by atoms with van der Waals surface area (Å²) in [6, 6.07) is 7.01. The lowest BCUT2D eigenvalue weighted by molar-refractivity contribution is -0.144. The minimum absolute atomic E-state index is 0.0484. The summed E-state index contributed by atoms with van der Waals surface area (Å²) in [6.45, 7) is 0.323. The fourth-order valence-electron chi connectivity index (χ4n) is 5.64. The summed E-state index contributed by atoms with van der Waals surface area (Å²) in [4.78, 5) is 12.3. The van der Waals surface area contributed by atoms with E-state index in [9.17, 15) is 15.0 Å². The Balaban J connectivity index is 1.39. The van der Waals surface area contributed by atoms with Crippen LogP contribution in [0.25, 0.3) is 0 Å². The van der Waals surface area contributed by atoms with Gasteiger partial charge in [0, 0.05) is 17.5 Å². The number of aromatic hydroxyl groups is 1. The molecule has 0 aliphatic heterocycles. The molecular weight excluding hydrogens is 290 g/mol. The average molecular weight is 315 g/mol. The van der Waals surface area contributed by atoms with Gasteiger partial charge in [-0.1, -0.05) is 18.2 Å². The van der Waals surface area contributed by atoms with Crippen LogP contribution in [0.15, 0.2) is 24.3 Å². The maximum atomic E-state index is 12.3. The number of para-hydroxylation sites is 1. The third kappa shape index (κ3) is 2.90. The van der Waals surface area contributed by atoms with Gasteiger partial charge in [0.15, 0.2) is 5.78 Å². The number of phenols is 1. The fraction of sp³-hybridized carbons (Fsp3) is 0.632. The number of rotatable bonds is 5. The van der Waals surface area contributed by atoms with Crippen LogP contribution in [0.2, 0.25) is 0 Å². The molecule has 4 bridgehead atoms. The van der Waals surface area contributed by atoms with E-state index < -0.39 is 5.60 Å². The number of hydrogen-bond donors (Lipinski definition) is 3. The Morgan fingerprint density at radius 2 is 1.87 bits per heavy atom. The SMILES string of the molecule is O=C(CNC12CC3CC(CC(O)(C3)C1)C2)Cc1ccccc1O. The highest BCUT2D eigenvalue weighted by Gasteiger charge is 2.56. The number of benzene rings is 1. The quantitative estimate of drug-likeness (QED) is 0.779. The molecule has 2 unspecified atom stereocenters. The molecule has 1 aromatic rings. The van der Waals surface area contributed by atoms with Crippen LogP contribution in [0, 0.1) is 11.8 Å². The van der Waals surface area contributed by atoms with Crippen molar-refractivity contribution in [2.75, 3.05) is 6.54 Å². The van der Waals surface area contributed by atoms with Crippen LogP contribution in [-0.2, 0) is 11.2 Å². The second-order valence-corrected chi connectivity index (χ2v) is 8.16. The van der Waals surface area contributed by atoms with Crippen molar-refractivity contribution in [2.24, 2.45) is 11.8 Å². The van der Waals surface area contributed by atoms with E-state index in [4.69, 9.17) is 0 Å². The van der Waals surface area contributed by atoms with Gasteiger partial charge in [0.2, 0.25) is 0 Å². The second kappa shape index (κ2) is 5.32. The monoisotopic (exact) mass is 315 g/mol. The van der Waals surface area contributed by atoms with Gasteiger partial charge >= 0.3 is 0 Å². The Hall–Kier alpha value is -1.39. The molecule has 4 aliphatic rings. The van der Waals surface area contributed by atoms with E-state index in [1.165, 1.54) is 6.42 Å². The summed E-state index contributed by atoms with van der Waals surface area (Å²) in [5.41, 5.74) is 0.133. The van der Waals surface area contributed by atoms with Crippen molar-refractivity contribution < 1.29 is 15.0 Å². The normalized spacial score (nSPS) is 38.0. The zero-order chi connectivity index (χ0) is 16.1. The van der Waals surface area contributed by atoms with E-state index in [2.05, 4.69) is 5.32 Å². The van der Waals surface area contributed by atoms with Crippen molar-refractivity contribution in [3.63, 3.8) is 0 Å². The molecule has 4 heteroatoms. The molecule has 4 saturated carbocycles. The largest absolute Gasteiger partial charge is 0.508 e. The Labute approximate surface area is 136 Å². The zero-order valence-corrected chi connectivity index (χ0v) is 13.4. The van der Waals surface area contributed by atoms with E-state index >= 15 is 0 Å². The highest BCUT2D eigenvalue weighted by Crippen LogP contribution is 2.57. The molecule has 0 saturated heterocycles. The van der Waals surface area contributed by atoms with Crippen LogP contribution >= 0.6 is 0 Å². The standard InChI is InChI=1S/C19H25NO3/c21-16(6-15-3-1-2-4-17(15)22)11-20-18-7-13-5-14(8-18)10-19(23,9-13)12-18/h1-4,13-14,20,22-23H,5-12H2. The smallest absolute Gasteiger partial charge is 0.151 e. The van der Waals surface area contributed by atoms with Gasteiger partial charge in [0.05, 0.1) is 12.1 Å². The van der Waals surface area contributed by atoms with Gasteiger partial charge in [-0.05, 0) is 56.4 Å². The summed E-state index contributed by atoms with van der Waals surface area (Å²) in [6.07, 6.45) is 6.37. The van der Waals surface area contributed by atoms with E-state index in [-0.39, 0.29) is 23.5 Å². The van der Waals surface area contributed by atoms with Crippen LogP contribution < -0.4 is 5.32 Å². The van der Waals surface area contributed by atoms with E-state index in [0.717, 1.165) is 32.1 Å². The van der Waals surface area contributed by atoms with Crippen molar-refractivity contribution >= 4 is 5.78 Å². The molecule has 4 nitrogen and oxygen atoms in total. The maximum absolute atomic E-state index is 12.3. The number of carbonyl (C=O) groups is 1. The summed E-state index contributed by atoms with van der Waals surface area (Å²) in [5.74, 6) is 1.50. The summed E-state index contributed by atoms with van der Waals surface area (Å²) in [7, 11) is 0. The van der Waals surface area contributed by atoms with Gasteiger partial charge in [-0.2, -0.15) is 0 Å². The number of hydrogen-bond acceptors (Lipinski definition) is 4. The Morgan fingerprint density at radius 3 is 2.52 bits per heavy atom. The fourth-order valence-corrected chi connectivity index (χ4v) is 5.64. The molecule has 23 heavy (non-hydrogen) atoms. The second-order valence-electron chi connectivity index (χ2n) is 8.16. The molecule has 124 valence electrons. The van der Waals surface area contributed by atoms with Crippen molar-refractivity contribution in [3.05, 3.63) is 29.8 Å². The molecule has 4 aliphatic carbocycles. The average Bonchev–Trinajstić information content (AvgIpc) is 2.45. The first kappa shape index (κ1) is 15.2. The third-order valence-corrected chi connectivity index (χ3v) is 6.07. The van der Waals surface area contributed by atoms with Crippen molar-refractivity contribution in [1.82, 2.24) is 5.32 Å².